The minimum absolute atomic E-state index is 0.0285. The molecule has 17 heavy (non-hydrogen) atoms. The summed E-state index contributed by atoms with van der Waals surface area (Å²) >= 11 is 0. The second kappa shape index (κ2) is 4.07. The lowest BCUT2D eigenvalue weighted by molar-refractivity contribution is 0.0278. The summed E-state index contributed by atoms with van der Waals surface area (Å²) in [6.45, 7) is 1.41. The molecule has 0 amide bonds. The van der Waals surface area contributed by atoms with E-state index in [1.54, 1.807) is 0 Å². The number of nitrogen functional groups attached to an aromatic ring is 1. The normalized spacial score (nSPS) is 14.8. The summed E-state index contributed by atoms with van der Waals surface area (Å²) < 4.78 is 0. The van der Waals surface area contributed by atoms with Gasteiger partial charge in [-0.05, 0) is 6.92 Å². The van der Waals surface area contributed by atoms with E-state index in [4.69, 9.17) is 5.73 Å². The molecule has 0 fully saturated rings. The van der Waals surface area contributed by atoms with Gasteiger partial charge in [-0.25, -0.2) is 9.97 Å². The fourth-order valence-electron chi connectivity index (χ4n) is 1.34. The van der Waals surface area contributed by atoms with Crippen LogP contribution >= 0.6 is 0 Å². The fraction of sp³-hybridized carbons (Fsp3) is 0.333. The molecule has 90 valence electrons. The van der Waals surface area contributed by atoms with Crippen LogP contribution in [0.25, 0.3) is 11.2 Å². The number of hydrogen-bond acceptors (Lipinski definition) is 7. The van der Waals surface area contributed by atoms with Crippen LogP contribution < -0.4 is 11.3 Å². The van der Waals surface area contributed by atoms with Gasteiger partial charge in [-0.1, -0.05) is 0 Å². The van der Waals surface area contributed by atoms with Gasteiger partial charge >= 0.3 is 0 Å². The van der Waals surface area contributed by atoms with Gasteiger partial charge in [0.2, 0.25) is 5.95 Å². The summed E-state index contributed by atoms with van der Waals surface area (Å²) in [4.78, 5) is 25.3. The van der Waals surface area contributed by atoms with Gasteiger partial charge in [-0.3, -0.25) is 9.78 Å². The first-order valence-corrected chi connectivity index (χ1v) is 4.87. The van der Waals surface area contributed by atoms with Gasteiger partial charge in [-0.2, -0.15) is 4.98 Å². The van der Waals surface area contributed by atoms with Crippen molar-refractivity contribution in [3.8, 4) is 0 Å². The summed E-state index contributed by atoms with van der Waals surface area (Å²) in [6, 6.07) is 0. The average molecular weight is 237 g/mol. The number of anilines is 1. The lowest BCUT2D eigenvalue weighted by atomic mass is 10.2. The Morgan fingerprint density at radius 2 is 2.12 bits per heavy atom. The lowest BCUT2D eigenvalue weighted by Gasteiger charge is -2.12. The Hall–Kier alpha value is -2.06. The molecule has 0 aromatic carbocycles. The van der Waals surface area contributed by atoms with E-state index in [-0.39, 0.29) is 22.8 Å². The second-order valence-electron chi connectivity index (χ2n) is 3.60. The first kappa shape index (κ1) is 11.4. The van der Waals surface area contributed by atoms with E-state index >= 15 is 0 Å². The molecule has 0 saturated heterocycles. The predicted octanol–water partition coefficient (Wildman–Crippen LogP) is -1.29. The van der Waals surface area contributed by atoms with Crippen molar-refractivity contribution in [2.24, 2.45) is 0 Å². The van der Waals surface area contributed by atoms with Gasteiger partial charge in [0.1, 0.15) is 6.10 Å². The molecular weight excluding hydrogens is 226 g/mol. The number of nitrogens with two attached hydrogens (primary N) is 1. The minimum atomic E-state index is -1.19. The highest BCUT2D eigenvalue weighted by Gasteiger charge is 2.17. The van der Waals surface area contributed by atoms with Gasteiger partial charge in [0, 0.05) is 0 Å². The summed E-state index contributed by atoms with van der Waals surface area (Å²) in [5.41, 5.74) is 5.05. The lowest BCUT2D eigenvalue weighted by Crippen LogP contribution is -2.18. The van der Waals surface area contributed by atoms with E-state index in [9.17, 15) is 15.0 Å². The third-order valence-corrected chi connectivity index (χ3v) is 2.22. The largest absolute Gasteiger partial charge is 0.390 e. The highest BCUT2D eigenvalue weighted by molar-refractivity contribution is 5.69. The molecule has 0 bridgehead atoms. The third-order valence-electron chi connectivity index (χ3n) is 2.22. The van der Waals surface area contributed by atoms with Crippen molar-refractivity contribution in [2.45, 2.75) is 19.1 Å². The van der Waals surface area contributed by atoms with Crippen molar-refractivity contribution in [3.05, 3.63) is 22.2 Å². The Balaban J connectivity index is 2.62. The SMILES string of the molecule is CC(O)[C@@H](O)c1cnc2c(=O)[nH]c(N)nc2n1. The molecule has 0 spiro atoms. The molecule has 1 unspecified atom stereocenters. The zero-order valence-electron chi connectivity index (χ0n) is 8.95. The zero-order chi connectivity index (χ0) is 12.6. The number of aromatic nitrogens is 4. The molecular formula is C9H11N5O3. The van der Waals surface area contributed by atoms with Crippen LogP contribution in [0.1, 0.15) is 18.7 Å². The van der Waals surface area contributed by atoms with Crippen LogP contribution in [0, 0.1) is 0 Å². The zero-order valence-corrected chi connectivity index (χ0v) is 8.95. The number of nitrogens with one attached hydrogen (secondary N) is 1. The van der Waals surface area contributed by atoms with Crippen molar-refractivity contribution in [3.63, 3.8) is 0 Å². The van der Waals surface area contributed by atoms with Gasteiger partial charge in [0.05, 0.1) is 18.0 Å². The van der Waals surface area contributed by atoms with E-state index in [0.29, 0.717) is 0 Å². The third kappa shape index (κ3) is 2.08. The fourth-order valence-corrected chi connectivity index (χ4v) is 1.34. The molecule has 8 nitrogen and oxygen atoms in total. The molecule has 0 radical (unpaired) electrons. The van der Waals surface area contributed by atoms with Crippen molar-refractivity contribution in [1.82, 2.24) is 19.9 Å². The minimum Gasteiger partial charge on any atom is -0.390 e. The van der Waals surface area contributed by atoms with Crippen LogP contribution in [0.2, 0.25) is 0 Å². The van der Waals surface area contributed by atoms with Crippen LogP contribution in [0.15, 0.2) is 11.0 Å². The highest BCUT2D eigenvalue weighted by Crippen LogP contribution is 2.14. The molecule has 2 atom stereocenters. The molecule has 2 heterocycles. The van der Waals surface area contributed by atoms with Gasteiger partial charge < -0.3 is 15.9 Å². The number of nitrogens with zero attached hydrogens (tertiary/aromatic N) is 3. The summed E-state index contributed by atoms with van der Waals surface area (Å²) in [7, 11) is 0. The van der Waals surface area contributed by atoms with E-state index in [2.05, 4.69) is 19.9 Å². The molecule has 8 heteroatoms. The predicted molar refractivity (Wildman–Crippen MR) is 59.0 cm³/mol. The van der Waals surface area contributed by atoms with Crippen LogP contribution in [0.5, 0.6) is 0 Å². The summed E-state index contributed by atoms with van der Waals surface area (Å²) in [5, 5.41) is 18.8. The maximum absolute atomic E-state index is 11.4. The van der Waals surface area contributed by atoms with Gasteiger partial charge in [0.15, 0.2) is 11.2 Å². The number of hydrogen-bond donors (Lipinski definition) is 4. The maximum atomic E-state index is 11.4. The van der Waals surface area contributed by atoms with E-state index in [1.807, 2.05) is 0 Å². The van der Waals surface area contributed by atoms with Crippen LogP contribution in [-0.4, -0.2) is 36.3 Å². The van der Waals surface area contributed by atoms with Crippen LogP contribution in [-0.2, 0) is 0 Å². The first-order valence-electron chi connectivity index (χ1n) is 4.87. The van der Waals surface area contributed by atoms with Gasteiger partial charge in [0.25, 0.3) is 5.56 Å². The number of aliphatic hydroxyl groups excluding tert-OH is 2. The Morgan fingerprint density at radius 3 is 2.76 bits per heavy atom. The number of rotatable bonds is 2. The smallest absolute Gasteiger partial charge is 0.280 e. The number of H-pyrrole nitrogens is 1. The molecule has 0 aliphatic heterocycles. The Morgan fingerprint density at radius 1 is 1.41 bits per heavy atom. The van der Waals surface area contributed by atoms with Crippen molar-refractivity contribution < 1.29 is 10.2 Å². The molecule has 0 saturated carbocycles. The first-order chi connectivity index (χ1) is 7.99. The molecule has 2 aromatic heterocycles. The molecule has 0 aliphatic carbocycles. The maximum Gasteiger partial charge on any atom is 0.280 e. The number of aromatic amines is 1. The Bertz CT molecular complexity index is 609. The van der Waals surface area contributed by atoms with Crippen LogP contribution in [0.4, 0.5) is 5.95 Å². The molecule has 2 rings (SSSR count). The van der Waals surface area contributed by atoms with Crippen LogP contribution in [0.3, 0.4) is 0 Å². The van der Waals surface area contributed by atoms with Crippen molar-refractivity contribution in [2.75, 3.05) is 5.73 Å². The van der Waals surface area contributed by atoms with E-state index < -0.39 is 17.8 Å². The monoisotopic (exact) mass is 237 g/mol. The Labute approximate surface area is 95.2 Å². The average Bonchev–Trinajstić information content (AvgIpc) is 2.26. The summed E-state index contributed by atoms with van der Waals surface area (Å²) in [5.74, 6) is -0.0829. The van der Waals surface area contributed by atoms with Crippen molar-refractivity contribution >= 4 is 17.1 Å². The standard InChI is InChI=1S/C9H11N5O3/c1-3(15)6(16)4-2-11-5-7(12-4)13-9(10)14-8(5)17/h2-3,6,15-16H,1H3,(H3,10,12,13,14,17)/t3?,6-/m1/s1. The van der Waals surface area contributed by atoms with E-state index in [1.165, 1.54) is 13.1 Å². The molecule has 5 N–H and O–H groups in total. The van der Waals surface area contributed by atoms with Gasteiger partial charge in [-0.15, -0.1) is 0 Å². The molecule has 0 aliphatic rings. The highest BCUT2D eigenvalue weighted by atomic mass is 16.3. The topological polar surface area (TPSA) is 138 Å². The quantitative estimate of drug-likeness (QED) is 0.509. The number of aliphatic hydroxyl groups is 2. The van der Waals surface area contributed by atoms with Crippen molar-refractivity contribution in [1.29, 1.82) is 0 Å². The molecule has 2 aromatic rings. The second-order valence-corrected chi connectivity index (χ2v) is 3.60. The summed E-state index contributed by atoms with van der Waals surface area (Å²) in [6.07, 6.45) is -0.970. The number of fused-ring (bicyclic) bond motifs is 1. The Kier molecular flexibility index (Phi) is 2.74. The van der Waals surface area contributed by atoms with E-state index in [0.717, 1.165) is 0 Å².